The zero-order valence-electron chi connectivity index (χ0n) is 11.4. The van der Waals surface area contributed by atoms with Crippen molar-refractivity contribution in [3.63, 3.8) is 0 Å². The first-order valence-corrected chi connectivity index (χ1v) is 7.29. The molecule has 0 aliphatic rings. The molecule has 0 amide bonds. The summed E-state index contributed by atoms with van der Waals surface area (Å²) < 4.78 is 0. The summed E-state index contributed by atoms with van der Waals surface area (Å²) in [4.78, 5) is 5.95. The third-order valence-corrected chi connectivity index (χ3v) is 4.26. The Bertz CT molecular complexity index is 727. The zero-order valence-corrected chi connectivity index (χ0v) is 12.2. The van der Waals surface area contributed by atoms with Crippen molar-refractivity contribution < 1.29 is 5.11 Å². The van der Waals surface area contributed by atoms with Crippen molar-refractivity contribution in [2.45, 2.75) is 13.8 Å². The van der Waals surface area contributed by atoms with Gasteiger partial charge in [0, 0.05) is 16.0 Å². The lowest BCUT2D eigenvalue weighted by molar-refractivity contribution is 0.475. The van der Waals surface area contributed by atoms with Crippen molar-refractivity contribution in [2.75, 3.05) is 0 Å². The van der Waals surface area contributed by atoms with Crippen LogP contribution < -0.4 is 0 Å². The van der Waals surface area contributed by atoms with Crippen LogP contribution in [0.25, 0.3) is 21.8 Å². The molecule has 1 aromatic heterocycles. The van der Waals surface area contributed by atoms with Crippen molar-refractivity contribution in [1.29, 1.82) is 0 Å². The fourth-order valence-corrected chi connectivity index (χ4v) is 3.04. The maximum absolute atomic E-state index is 9.35. The maximum atomic E-state index is 9.35. The fourth-order valence-electron chi connectivity index (χ4n) is 2.10. The Morgan fingerprint density at radius 2 is 1.45 bits per heavy atom. The largest absolute Gasteiger partial charge is 0.508 e. The van der Waals surface area contributed by atoms with Gasteiger partial charge in [-0.1, -0.05) is 29.8 Å². The Morgan fingerprint density at radius 3 is 2.10 bits per heavy atom. The molecule has 0 unspecified atom stereocenters. The number of aromatic nitrogens is 1. The number of aryl methyl sites for hydroxylation is 2. The summed E-state index contributed by atoms with van der Waals surface area (Å²) in [6.07, 6.45) is 0. The van der Waals surface area contributed by atoms with E-state index in [1.54, 1.807) is 23.5 Å². The lowest BCUT2D eigenvalue weighted by Crippen LogP contribution is -1.82. The molecule has 0 fully saturated rings. The van der Waals surface area contributed by atoms with Gasteiger partial charge < -0.3 is 5.11 Å². The highest BCUT2D eigenvalue weighted by molar-refractivity contribution is 7.15. The Kier molecular flexibility index (Phi) is 3.28. The second kappa shape index (κ2) is 5.10. The van der Waals surface area contributed by atoms with E-state index in [0.29, 0.717) is 0 Å². The Balaban J connectivity index is 2.02. The van der Waals surface area contributed by atoms with Gasteiger partial charge in [0.1, 0.15) is 10.8 Å². The number of nitrogens with zero attached hydrogens (tertiary/aromatic N) is 1. The van der Waals surface area contributed by atoms with Gasteiger partial charge >= 0.3 is 0 Å². The highest BCUT2D eigenvalue weighted by atomic mass is 32.1. The molecular formula is C17H15NOS. The molecule has 0 aliphatic carbocycles. The first kappa shape index (κ1) is 12.9. The van der Waals surface area contributed by atoms with E-state index >= 15 is 0 Å². The van der Waals surface area contributed by atoms with Crippen molar-refractivity contribution in [3.8, 4) is 27.6 Å². The van der Waals surface area contributed by atoms with Crippen LogP contribution in [0, 0.1) is 13.8 Å². The van der Waals surface area contributed by atoms with Gasteiger partial charge in [0.15, 0.2) is 0 Å². The van der Waals surface area contributed by atoms with E-state index in [1.165, 1.54) is 10.4 Å². The van der Waals surface area contributed by atoms with Crippen molar-refractivity contribution in [3.05, 3.63) is 59.0 Å². The Labute approximate surface area is 122 Å². The second-order valence-corrected chi connectivity index (χ2v) is 6.04. The van der Waals surface area contributed by atoms with Crippen LogP contribution in [-0.2, 0) is 0 Å². The second-order valence-electron chi connectivity index (χ2n) is 4.84. The molecule has 0 radical (unpaired) electrons. The van der Waals surface area contributed by atoms with E-state index in [9.17, 15) is 5.11 Å². The monoisotopic (exact) mass is 281 g/mol. The molecular weight excluding hydrogens is 266 g/mol. The third kappa shape index (κ3) is 2.45. The van der Waals surface area contributed by atoms with Gasteiger partial charge in [-0.15, -0.1) is 11.3 Å². The third-order valence-electron chi connectivity index (χ3n) is 3.24. The predicted molar refractivity (Wildman–Crippen MR) is 84.1 cm³/mol. The lowest BCUT2D eigenvalue weighted by Gasteiger charge is -1.99. The zero-order chi connectivity index (χ0) is 14.1. The molecule has 20 heavy (non-hydrogen) atoms. The molecule has 0 saturated carbocycles. The molecule has 0 aliphatic heterocycles. The average Bonchev–Trinajstić information content (AvgIpc) is 2.82. The van der Waals surface area contributed by atoms with E-state index < -0.39 is 0 Å². The Morgan fingerprint density at radius 1 is 0.850 bits per heavy atom. The minimum Gasteiger partial charge on any atom is -0.508 e. The van der Waals surface area contributed by atoms with Gasteiger partial charge in [-0.25, -0.2) is 4.98 Å². The molecule has 3 heteroatoms. The van der Waals surface area contributed by atoms with E-state index in [0.717, 1.165) is 21.8 Å². The van der Waals surface area contributed by atoms with Gasteiger partial charge in [-0.3, -0.25) is 0 Å². The van der Waals surface area contributed by atoms with Gasteiger partial charge in [-0.2, -0.15) is 0 Å². The maximum Gasteiger partial charge on any atom is 0.124 e. The molecule has 0 bridgehead atoms. The number of rotatable bonds is 2. The first-order valence-electron chi connectivity index (χ1n) is 6.47. The molecule has 2 aromatic carbocycles. The molecule has 2 nitrogen and oxygen atoms in total. The molecule has 3 aromatic rings. The minimum atomic E-state index is 0.279. The molecule has 1 N–H and O–H groups in total. The molecule has 0 atom stereocenters. The number of aromatic hydroxyl groups is 1. The SMILES string of the molecule is Cc1ccc(-c2nc(-c3ccc(O)cc3)sc2C)cc1. The molecule has 3 rings (SSSR count). The standard InChI is InChI=1S/C17H15NOS/c1-11-3-5-13(6-4-11)16-12(2)20-17(18-16)14-7-9-15(19)10-8-14/h3-10,19H,1-2H3. The summed E-state index contributed by atoms with van der Waals surface area (Å²) in [6.45, 7) is 4.18. The predicted octanol–water partition coefficient (Wildman–Crippen LogP) is 4.80. The van der Waals surface area contributed by atoms with Gasteiger partial charge in [-0.05, 0) is 38.1 Å². The van der Waals surface area contributed by atoms with Crippen molar-refractivity contribution in [1.82, 2.24) is 4.98 Å². The fraction of sp³-hybridized carbons (Fsp3) is 0.118. The summed E-state index contributed by atoms with van der Waals surface area (Å²) in [5, 5.41) is 10.3. The van der Waals surface area contributed by atoms with Crippen LogP contribution in [0.1, 0.15) is 10.4 Å². The highest BCUT2D eigenvalue weighted by Gasteiger charge is 2.11. The van der Waals surface area contributed by atoms with Crippen molar-refractivity contribution >= 4 is 11.3 Å². The average molecular weight is 281 g/mol. The lowest BCUT2D eigenvalue weighted by atomic mass is 10.1. The summed E-state index contributed by atoms with van der Waals surface area (Å²) in [5.41, 5.74) is 4.47. The topological polar surface area (TPSA) is 33.1 Å². The number of phenols is 1. The quantitative estimate of drug-likeness (QED) is 0.732. The van der Waals surface area contributed by atoms with Crippen LogP contribution in [0.2, 0.25) is 0 Å². The smallest absolute Gasteiger partial charge is 0.124 e. The van der Waals surface area contributed by atoms with Crippen LogP contribution in [0.5, 0.6) is 5.75 Å². The van der Waals surface area contributed by atoms with E-state index in [4.69, 9.17) is 4.98 Å². The molecule has 1 heterocycles. The summed E-state index contributed by atoms with van der Waals surface area (Å²) >= 11 is 1.68. The molecule has 0 spiro atoms. The van der Waals surface area contributed by atoms with E-state index in [-0.39, 0.29) is 5.75 Å². The summed E-state index contributed by atoms with van der Waals surface area (Å²) in [5.74, 6) is 0.279. The Hall–Kier alpha value is -2.13. The number of hydrogen-bond acceptors (Lipinski definition) is 3. The number of hydrogen-bond donors (Lipinski definition) is 1. The van der Waals surface area contributed by atoms with Gasteiger partial charge in [0.05, 0.1) is 5.69 Å². The van der Waals surface area contributed by atoms with Gasteiger partial charge in [0.25, 0.3) is 0 Å². The van der Waals surface area contributed by atoms with E-state index in [1.807, 2.05) is 12.1 Å². The van der Waals surface area contributed by atoms with Crippen LogP contribution in [0.15, 0.2) is 48.5 Å². The summed E-state index contributed by atoms with van der Waals surface area (Å²) in [6, 6.07) is 15.6. The number of benzene rings is 2. The summed E-state index contributed by atoms with van der Waals surface area (Å²) in [7, 11) is 0. The number of phenolic OH excluding ortho intramolecular Hbond substituents is 1. The molecule has 100 valence electrons. The van der Waals surface area contributed by atoms with Crippen LogP contribution in [0.4, 0.5) is 0 Å². The first-order chi connectivity index (χ1) is 9.63. The molecule has 0 saturated heterocycles. The van der Waals surface area contributed by atoms with Crippen LogP contribution >= 0.6 is 11.3 Å². The normalized spacial score (nSPS) is 10.7. The van der Waals surface area contributed by atoms with Crippen LogP contribution in [-0.4, -0.2) is 10.1 Å². The highest BCUT2D eigenvalue weighted by Crippen LogP contribution is 2.33. The van der Waals surface area contributed by atoms with Crippen LogP contribution in [0.3, 0.4) is 0 Å². The number of thiazole rings is 1. The van der Waals surface area contributed by atoms with Crippen molar-refractivity contribution in [2.24, 2.45) is 0 Å². The minimum absolute atomic E-state index is 0.279. The van der Waals surface area contributed by atoms with Gasteiger partial charge in [0.2, 0.25) is 0 Å². The van der Waals surface area contributed by atoms with E-state index in [2.05, 4.69) is 38.1 Å².